The van der Waals surface area contributed by atoms with Gasteiger partial charge in [0.2, 0.25) is 5.91 Å². The van der Waals surface area contributed by atoms with Gasteiger partial charge in [-0.3, -0.25) is 10.6 Å². The Bertz CT molecular complexity index is 1190. The van der Waals surface area contributed by atoms with Crippen LogP contribution in [-0.2, 0) is 16.1 Å². The number of nitrogens with two attached hydrogens (primary N) is 2. The van der Waals surface area contributed by atoms with Crippen molar-refractivity contribution < 1.29 is 23.4 Å². The van der Waals surface area contributed by atoms with Crippen molar-refractivity contribution in [3.8, 4) is 21.1 Å². The van der Waals surface area contributed by atoms with Gasteiger partial charge in [0.05, 0.1) is 40.2 Å². The monoisotopic (exact) mass is 496 g/mol. The van der Waals surface area contributed by atoms with Crippen LogP contribution in [0.25, 0.3) is 21.1 Å². The van der Waals surface area contributed by atoms with Gasteiger partial charge in [-0.05, 0) is 19.4 Å². The van der Waals surface area contributed by atoms with Crippen LogP contribution in [0.2, 0.25) is 0 Å². The molecule has 0 saturated carbocycles. The highest BCUT2D eigenvalue weighted by molar-refractivity contribution is 7.16. The highest BCUT2D eigenvalue weighted by Gasteiger charge is 2.25. The molecule has 3 aromatic rings. The molecule has 0 spiro atoms. The van der Waals surface area contributed by atoms with E-state index in [-0.39, 0.29) is 35.4 Å². The fraction of sp³-hybridized carbons (Fsp3) is 0.350. The molecule has 1 amide bonds. The van der Waals surface area contributed by atoms with E-state index in [4.69, 9.17) is 16.3 Å². The first-order chi connectivity index (χ1) is 15.8. The number of anilines is 2. The topological polar surface area (TPSA) is 140 Å². The lowest BCUT2D eigenvalue weighted by Crippen LogP contribution is -2.32. The number of benzene rings is 1. The van der Waals surface area contributed by atoms with Crippen molar-refractivity contribution in [3.05, 3.63) is 33.8 Å². The summed E-state index contributed by atoms with van der Waals surface area (Å²) in [5.74, 6) is 3.43. The maximum absolute atomic E-state index is 14.7. The average molecular weight is 497 g/mol. The Morgan fingerprint density at radius 3 is 2.91 bits per heavy atom. The van der Waals surface area contributed by atoms with Gasteiger partial charge in [0.25, 0.3) is 0 Å². The number of hydrogen-bond acceptors (Lipinski definition) is 10. The van der Waals surface area contributed by atoms with Crippen molar-refractivity contribution in [1.29, 1.82) is 0 Å². The molecule has 0 radical (unpaired) electrons. The molecule has 2 aromatic heterocycles. The number of β-amino-alcohol motifs (C(OH)–C–C–N with tert-alkyl or cyclic N) is 1. The van der Waals surface area contributed by atoms with E-state index in [1.165, 1.54) is 11.3 Å². The highest BCUT2D eigenvalue weighted by atomic mass is 32.1. The van der Waals surface area contributed by atoms with Crippen LogP contribution in [-0.4, -0.2) is 51.7 Å². The summed E-state index contributed by atoms with van der Waals surface area (Å²) >= 11 is 2.49. The number of aliphatic hydroxyl groups is 1. The molecule has 1 atom stereocenters. The van der Waals surface area contributed by atoms with Crippen LogP contribution in [0.3, 0.4) is 0 Å². The Kier molecular flexibility index (Phi) is 6.86. The number of likely N-dealkylation sites (tertiary alicyclic amines) is 1. The van der Waals surface area contributed by atoms with E-state index in [2.05, 4.69) is 15.4 Å². The van der Waals surface area contributed by atoms with Gasteiger partial charge in [-0.15, -0.1) is 22.7 Å². The predicted octanol–water partition coefficient (Wildman–Crippen LogP) is 2.50. The highest BCUT2D eigenvalue weighted by Crippen LogP contribution is 2.38. The first kappa shape index (κ1) is 23.4. The van der Waals surface area contributed by atoms with Gasteiger partial charge in [0.1, 0.15) is 22.3 Å². The van der Waals surface area contributed by atoms with Crippen LogP contribution >= 0.6 is 22.7 Å². The Balaban J connectivity index is 1.46. The second kappa shape index (κ2) is 9.65. The number of amides is 1. The van der Waals surface area contributed by atoms with Crippen LogP contribution in [0.15, 0.2) is 11.4 Å². The normalized spacial score (nSPS) is 15.9. The smallest absolute Gasteiger partial charge is 0.248 e. The zero-order valence-electron chi connectivity index (χ0n) is 17.6. The quantitative estimate of drug-likeness (QED) is 0.222. The predicted molar refractivity (Wildman–Crippen MR) is 122 cm³/mol. The van der Waals surface area contributed by atoms with Crippen molar-refractivity contribution in [3.63, 3.8) is 0 Å². The minimum atomic E-state index is -0.810. The second-order valence-corrected chi connectivity index (χ2v) is 9.43. The Hall–Kier alpha value is -2.71. The maximum atomic E-state index is 14.7. The molecule has 3 heterocycles. The van der Waals surface area contributed by atoms with Gasteiger partial charge in [-0.1, -0.05) is 0 Å². The summed E-state index contributed by atoms with van der Waals surface area (Å²) in [5, 5.41) is 12.2. The number of rotatable bonds is 7. The van der Waals surface area contributed by atoms with Crippen LogP contribution < -0.4 is 17.0 Å². The molecule has 4 rings (SSSR count). The molecule has 1 fully saturated rings. The van der Waals surface area contributed by atoms with Gasteiger partial charge in [-0.2, -0.15) is 0 Å². The van der Waals surface area contributed by atoms with E-state index >= 15 is 0 Å². The SMILES string of the molecule is Cc1nc(COCC(=O)N2CCC(O)C2)sc1-c1csc(-c2cc(F)c(NN)c(N)c2F)n1. The maximum Gasteiger partial charge on any atom is 0.248 e. The zero-order chi connectivity index (χ0) is 23.7. The molecule has 1 aliphatic heterocycles. The molecule has 9 nitrogen and oxygen atoms in total. The Morgan fingerprint density at radius 2 is 2.21 bits per heavy atom. The summed E-state index contributed by atoms with van der Waals surface area (Å²) < 4.78 is 34.4. The minimum absolute atomic E-state index is 0.0588. The Labute approximate surface area is 196 Å². The fourth-order valence-corrected chi connectivity index (χ4v) is 5.34. The van der Waals surface area contributed by atoms with Crippen LogP contribution in [0.1, 0.15) is 17.1 Å². The molecule has 1 unspecified atom stereocenters. The molecule has 1 saturated heterocycles. The number of ether oxygens (including phenoxy) is 1. The third-order valence-electron chi connectivity index (χ3n) is 5.17. The number of aryl methyl sites for hydroxylation is 1. The minimum Gasteiger partial charge on any atom is -0.395 e. The van der Waals surface area contributed by atoms with E-state index < -0.39 is 23.4 Å². The fourth-order valence-electron chi connectivity index (χ4n) is 3.49. The van der Waals surface area contributed by atoms with E-state index in [1.54, 1.807) is 10.3 Å². The number of nitrogen functional groups attached to an aromatic ring is 2. The molecule has 1 aromatic carbocycles. The standard InChI is InChI=1S/C20H22F2N6O3S2/c1-9-19(33-14(25-9)6-31-7-15(30)28-3-2-10(29)5-28)13-8-32-20(26-13)11-4-12(21)18(27-24)17(23)16(11)22/h4,8,10,27,29H,2-3,5-7,23-24H2,1H3. The van der Waals surface area contributed by atoms with Crippen molar-refractivity contribution in [2.45, 2.75) is 26.1 Å². The lowest BCUT2D eigenvalue weighted by Gasteiger charge is -2.14. The van der Waals surface area contributed by atoms with Crippen molar-refractivity contribution >= 4 is 40.0 Å². The van der Waals surface area contributed by atoms with Crippen molar-refractivity contribution in [2.75, 3.05) is 30.9 Å². The summed E-state index contributed by atoms with van der Waals surface area (Å²) in [5.41, 5.74) is 8.19. The van der Waals surface area contributed by atoms with E-state index in [0.717, 1.165) is 22.3 Å². The number of nitrogens with zero attached hydrogens (tertiary/aromatic N) is 3. The lowest BCUT2D eigenvalue weighted by molar-refractivity contribution is -0.135. The number of aliphatic hydroxyl groups excluding tert-OH is 1. The summed E-state index contributed by atoms with van der Waals surface area (Å²) in [6.45, 7) is 2.72. The molecule has 0 bridgehead atoms. The number of thiazole rings is 2. The molecule has 13 heteroatoms. The van der Waals surface area contributed by atoms with Crippen LogP contribution in [0.4, 0.5) is 20.2 Å². The number of halogens is 2. The largest absolute Gasteiger partial charge is 0.395 e. The first-order valence-electron chi connectivity index (χ1n) is 9.98. The zero-order valence-corrected chi connectivity index (χ0v) is 19.2. The van der Waals surface area contributed by atoms with Gasteiger partial charge in [-0.25, -0.2) is 18.7 Å². The lowest BCUT2D eigenvalue weighted by atomic mass is 10.1. The summed E-state index contributed by atoms with van der Waals surface area (Å²) in [6.07, 6.45) is 0.103. The van der Waals surface area contributed by atoms with E-state index in [1.807, 2.05) is 6.92 Å². The second-order valence-electron chi connectivity index (χ2n) is 7.49. The van der Waals surface area contributed by atoms with E-state index in [9.17, 15) is 18.7 Å². The number of hydrazine groups is 1. The van der Waals surface area contributed by atoms with Gasteiger partial charge >= 0.3 is 0 Å². The summed E-state index contributed by atoms with van der Waals surface area (Å²) in [4.78, 5) is 23.4. The molecule has 33 heavy (non-hydrogen) atoms. The molecule has 1 aliphatic rings. The van der Waals surface area contributed by atoms with Crippen LogP contribution in [0.5, 0.6) is 0 Å². The number of carbonyl (C=O) groups excluding carboxylic acids is 1. The molecule has 0 aliphatic carbocycles. The van der Waals surface area contributed by atoms with Gasteiger partial charge < -0.3 is 25.9 Å². The van der Waals surface area contributed by atoms with Crippen LogP contribution in [0, 0.1) is 18.6 Å². The molecule has 6 N–H and O–H groups in total. The average Bonchev–Trinajstić information content (AvgIpc) is 3.51. The number of aromatic nitrogens is 2. The van der Waals surface area contributed by atoms with Crippen molar-refractivity contribution in [1.82, 2.24) is 14.9 Å². The first-order valence-corrected chi connectivity index (χ1v) is 11.7. The van der Waals surface area contributed by atoms with Gasteiger partial charge in [0, 0.05) is 18.5 Å². The third-order valence-corrected chi connectivity index (χ3v) is 7.20. The van der Waals surface area contributed by atoms with Gasteiger partial charge in [0.15, 0.2) is 11.6 Å². The third kappa shape index (κ3) is 4.82. The Morgan fingerprint density at radius 1 is 1.42 bits per heavy atom. The number of nitrogens with one attached hydrogen (secondary N) is 1. The van der Waals surface area contributed by atoms with E-state index in [0.29, 0.717) is 35.9 Å². The number of carbonyl (C=O) groups is 1. The molecular formula is C20H22F2N6O3S2. The molecular weight excluding hydrogens is 474 g/mol. The summed E-state index contributed by atoms with van der Waals surface area (Å²) in [7, 11) is 0. The summed E-state index contributed by atoms with van der Waals surface area (Å²) in [6, 6.07) is 0.999. The van der Waals surface area contributed by atoms with Crippen molar-refractivity contribution in [2.24, 2.45) is 5.84 Å². The molecule has 176 valence electrons. The number of hydrogen-bond donors (Lipinski definition) is 4.